The molecule has 2 amide bonds. The number of hydrogen-bond acceptors (Lipinski definition) is 3. The summed E-state index contributed by atoms with van der Waals surface area (Å²) in [6.07, 6.45) is 1.53. The first kappa shape index (κ1) is 14.2. The van der Waals surface area contributed by atoms with Gasteiger partial charge in [0.15, 0.2) is 0 Å². The zero-order valence-electron chi connectivity index (χ0n) is 10.7. The van der Waals surface area contributed by atoms with Crippen LogP contribution in [-0.4, -0.2) is 17.9 Å². The maximum atomic E-state index is 11.7. The molecule has 0 aliphatic carbocycles. The third-order valence-corrected chi connectivity index (χ3v) is 2.41. The van der Waals surface area contributed by atoms with E-state index < -0.39 is 6.04 Å². The van der Waals surface area contributed by atoms with E-state index in [0.29, 0.717) is 17.8 Å². The van der Waals surface area contributed by atoms with Gasteiger partial charge in [0.1, 0.15) is 0 Å². The van der Waals surface area contributed by atoms with Crippen LogP contribution in [0.25, 0.3) is 0 Å². The monoisotopic (exact) mass is 249 g/mol. The van der Waals surface area contributed by atoms with Crippen molar-refractivity contribution in [1.29, 1.82) is 0 Å². The van der Waals surface area contributed by atoms with Crippen molar-refractivity contribution < 1.29 is 9.59 Å². The number of hydrogen-bond donors (Lipinski definition) is 3. The quantitative estimate of drug-likeness (QED) is 0.742. The zero-order chi connectivity index (χ0) is 13.5. The fraction of sp³-hybridized carbons (Fsp3) is 0.385. The minimum Gasteiger partial charge on any atom is -0.326 e. The number of amides is 2. The largest absolute Gasteiger partial charge is 0.326 e. The molecule has 18 heavy (non-hydrogen) atoms. The highest BCUT2D eigenvalue weighted by Crippen LogP contribution is 2.13. The molecule has 0 aliphatic heterocycles. The van der Waals surface area contributed by atoms with E-state index in [1.165, 1.54) is 6.92 Å². The molecule has 5 nitrogen and oxygen atoms in total. The summed E-state index contributed by atoms with van der Waals surface area (Å²) >= 11 is 0. The number of nitrogens with two attached hydrogens (primary N) is 1. The van der Waals surface area contributed by atoms with Gasteiger partial charge in [-0.05, 0) is 30.7 Å². The van der Waals surface area contributed by atoms with Gasteiger partial charge in [-0.2, -0.15) is 0 Å². The van der Waals surface area contributed by atoms with Crippen LogP contribution in [0.5, 0.6) is 0 Å². The van der Waals surface area contributed by atoms with Crippen molar-refractivity contribution in [3.8, 4) is 0 Å². The number of carbonyl (C=O) groups is 2. The van der Waals surface area contributed by atoms with Crippen LogP contribution in [0.3, 0.4) is 0 Å². The Morgan fingerprint density at radius 3 is 2.11 bits per heavy atom. The third kappa shape index (κ3) is 4.55. The summed E-state index contributed by atoms with van der Waals surface area (Å²) in [5.74, 6) is -0.319. The van der Waals surface area contributed by atoms with Crippen molar-refractivity contribution in [2.75, 3.05) is 10.6 Å². The van der Waals surface area contributed by atoms with Crippen LogP contribution < -0.4 is 16.4 Å². The fourth-order valence-corrected chi connectivity index (χ4v) is 1.52. The Bertz CT molecular complexity index is 415. The number of nitrogens with one attached hydrogen (secondary N) is 2. The number of rotatable bonds is 5. The second kappa shape index (κ2) is 6.76. The Hall–Kier alpha value is -1.88. The summed E-state index contributed by atoms with van der Waals surface area (Å²) in [7, 11) is 0. The van der Waals surface area contributed by atoms with Gasteiger partial charge in [0.25, 0.3) is 0 Å². The van der Waals surface area contributed by atoms with Gasteiger partial charge < -0.3 is 16.4 Å². The molecule has 0 heterocycles. The number of anilines is 2. The average Bonchev–Trinajstić information content (AvgIpc) is 2.31. The van der Waals surface area contributed by atoms with Crippen LogP contribution in [-0.2, 0) is 9.59 Å². The van der Waals surface area contributed by atoms with Gasteiger partial charge in [0.05, 0.1) is 6.04 Å². The molecule has 0 fully saturated rings. The topological polar surface area (TPSA) is 84.2 Å². The smallest absolute Gasteiger partial charge is 0.241 e. The number of benzene rings is 1. The van der Waals surface area contributed by atoms with Crippen molar-refractivity contribution in [2.45, 2.75) is 32.7 Å². The molecule has 0 saturated heterocycles. The molecule has 0 saturated carbocycles. The standard InChI is InChI=1S/C13H19N3O2/c1-3-4-12(14)13(18)16-11-7-5-10(6-8-11)15-9(2)17/h5-8,12H,3-4,14H2,1-2H3,(H,15,17)(H,16,18)/t12-/m1/s1. The van der Waals surface area contributed by atoms with E-state index in [9.17, 15) is 9.59 Å². The first-order valence-corrected chi connectivity index (χ1v) is 5.97. The molecule has 0 aliphatic rings. The van der Waals surface area contributed by atoms with Crippen molar-refractivity contribution in [1.82, 2.24) is 0 Å². The lowest BCUT2D eigenvalue weighted by Crippen LogP contribution is -2.35. The first-order valence-electron chi connectivity index (χ1n) is 5.97. The van der Waals surface area contributed by atoms with Crippen LogP contribution >= 0.6 is 0 Å². The van der Waals surface area contributed by atoms with E-state index in [1.54, 1.807) is 24.3 Å². The highest BCUT2D eigenvalue weighted by Gasteiger charge is 2.11. The van der Waals surface area contributed by atoms with Crippen LogP contribution in [0.15, 0.2) is 24.3 Å². The van der Waals surface area contributed by atoms with Crippen LogP contribution in [0.1, 0.15) is 26.7 Å². The molecule has 4 N–H and O–H groups in total. The van der Waals surface area contributed by atoms with Gasteiger partial charge >= 0.3 is 0 Å². The van der Waals surface area contributed by atoms with E-state index in [2.05, 4.69) is 10.6 Å². The maximum Gasteiger partial charge on any atom is 0.241 e. The number of carbonyl (C=O) groups excluding carboxylic acids is 2. The second-order valence-corrected chi connectivity index (χ2v) is 4.14. The molecule has 0 unspecified atom stereocenters. The van der Waals surface area contributed by atoms with Gasteiger partial charge in [-0.1, -0.05) is 13.3 Å². The maximum absolute atomic E-state index is 11.7. The Kier molecular flexibility index (Phi) is 5.32. The van der Waals surface area contributed by atoms with Crippen LogP contribution in [0.4, 0.5) is 11.4 Å². The predicted molar refractivity (Wildman–Crippen MR) is 72.3 cm³/mol. The van der Waals surface area contributed by atoms with Gasteiger partial charge in [-0.15, -0.1) is 0 Å². The van der Waals surface area contributed by atoms with E-state index in [1.807, 2.05) is 6.92 Å². The second-order valence-electron chi connectivity index (χ2n) is 4.14. The summed E-state index contributed by atoms with van der Waals surface area (Å²) < 4.78 is 0. The molecule has 0 bridgehead atoms. The summed E-state index contributed by atoms with van der Waals surface area (Å²) in [6, 6.07) is 6.42. The van der Waals surface area contributed by atoms with E-state index >= 15 is 0 Å². The average molecular weight is 249 g/mol. The van der Waals surface area contributed by atoms with Gasteiger partial charge in [0, 0.05) is 18.3 Å². The van der Waals surface area contributed by atoms with E-state index in [-0.39, 0.29) is 11.8 Å². The highest BCUT2D eigenvalue weighted by atomic mass is 16.2. The minimum atomic E-state index is -0.481. The third-order valence-electron chi connectivity index (χ3n) is 2.41. The van der Waals surface area contributed by atoms with Crippen molar-refractivity contribution in [3.63, 3.8) is 0 Å². The van der Waals surface area contributed by atoms with Gasteiger partial charge in [-0.25, -0.2) is 0 Å². The van der Waals surface area contributed by atoms with Crippen LogP contribution in [0, 0.1) is 0 Å². The Labute approximate surface area is 107 Å². The summed E-state index contributed by atoms with van der Waals surface area (Å²) in [5.41, 5.74) is 7.06. The lowest BCUT2D eigenvalue weighted by Gasteiger charge is -2.11. The molecule has 1 atom stereocenters. The molecular weight excluding hydrogens is 230 g/mol. The van der Waals surface area contributed by atoms with Crippen molar-refractivity contribution in [3.05, 3.63) is 24.3 Å². The lowest BCUT2D eigenvalue weighted by atomic mass is 10.1. The molecule has 1 aromatic carbocycles. The summed E-state index contributed by atoms with van der Waals surface area (Å²) in [5, 5.41) is 5.38. The molecular formula is C13H19N3O2. The first-order chi connectivity index (χ1) is 8.52. The summed E-state index contributed by atoms with van der Waals surface area (Å²) in [4.78, 5) is 22.5. The Morgan fingerprint density at radius 2 is 1.67 bits per heavy atom. The molecule has 5 heteroatoms. The SMILES string of the molecule is CCC[C@@H](N)C(=O)Nc1ccc(NC(C)=O)cc1. The molecule has 98 valence electrons. The van der Waals surface area contributed by atoms with Gasteiger partial charge in [0.2, 0.25) is 11.8 Å². The molecule has 1 rings (SSSR count). The van der Waals surface area contributed by atoms with Gasteiger partial charge in [-0.3, -0.25) is 9.59 Å². The van der Waals surface area contributed by atoms with E-state index in [0.717, 1.165) is 6.42 Å². The minimum absolute atomic E-state index is 0.128. The molecule has 0 spiro atoms. The Balaban J connectivity index is 2.58. The lowest BCUT2D eigenvalue weighted by molar-refractivity contribution is -0.117. The normalized spacial score (nSPS) is 11.7. The molecule has 0 aromatic heterocycles. The van der Waals surface area contributed by atoms with Crippen molar-refractivity contribution in [2.24, 2.45) is 5.73 Å². The van der Waals surface area contributed by atoms with Crippen LogP contribution in [0.2, 0.25) is 0 Å². The molecule has 1 aromatic rings. The molecule has 0 radical (unpaired) electrons. The fourth-order valence-electron chi connectivity index (χ4n) is 1.52. The highest BCUT2D eigenvalue weighted by molar-refractivity contribution is 5.95. The Morgan fingerprint density at radius 1 is 1.17 bits per heavy atom. The predicted octanol–water partition coefficient (Wildman–Crippen LogP) is 1.71. The zero-order valence-corrected chi connectivity index (χ0v) is 10.7. The summed E-state index contributed by atoms with van der Waals surface area (Å²) in [6.45, 7) is 3.43. The van der Waals surface area contributed by atoms with E-state index in [4.69, 9.17) is 5.73 Å². The van der Waals surface area contributed by atoms with Crippen molar-refractivity contribution >= 4 is 23.2 Å².